The lowest BCUT2D eigenvalue weighted by molar-refractivity contribution is 0.543. The van der Waals surface area contributed by atoms with Gasteiger partial charge < -0.3 is 0 Å². The molecule has 0 saturated heterocycles. The van der Waals surface area contributed by atoms with E-state index in [-0.39, 0.29) is 11.1 Å². The lowest BCUT2D eigenvalue weighted by Gasteiger charge is -2.21. The van der Waals surface area contributed by atoms with Gasteiger partial charge in [0.25, 0.3) is 0 Å². The van der Waals surface area contributed by atoms with Gasteiger partial charge in [0.2, 0.25) is 0 Å². The van der Waals surface area contributed by atoms with E-state index in [4.69, 9.17) is 17.4 Å². The Kier molecular flexibility index (Phi) is 4.76. The van der Waals surface area contributed by atoms with Crippen LogP contribution in [-0.2, 0) is 6.42 Å². The summed E-state index contributed by atoms with van der Waals surface area (Å²) < 4.78 is 13.5. The molecule has 106 valence electrons. The van der Waals surface area contributed by atoms with Gasteiger partial charge in [0.05, 0.1) is 11.1 Å². The molecule has 2 rings (SSSR count). The molecule has 0 bridgehead atoms. The van der Waals surface area contributed by atoms with Crippen LogP contribution in [0.25, 0.3) is 0 Å². The molecular weight excluding hydrogens is 275 g/mol. The SMILES string of the molecule is Cc1cccc(C)c1C(Cc1ccc(Cl)c(F)c1)NN. The second kappa shape index (κ2) is 6.35. The Hall–Kier alpha value is -1.42. The zero-order valence-electron chi connectivity index (χ0n) is 11.6. The molecule has 2 aromatic carbocycles. The van der Waals surface area contributed by atoms with Crippen molar-refractivity contribution in [2.24, 2.45) is 5.84 Å². The van der Waals surface area contributed by atoms with Crippen molar-refractivity contribution in [3.8, 4) is 0 Å². The summed E-state index contributed by atoms with van der Waals surface area (Å²) in [6.45, 7) is 4.10. The van der Waals surface area contributed by atoms with Gasteiger partial charge in [-0.25, -0.2) is 4.39 Å². The smallest absolute Gasteiger partial charge is 0.142 e. The molecule has 4 heteroatoms. The summed E-state index contributed by atoms with van der Waals surface area (Å²) in [6, 6.07) is 10.9. The predicted molar refractivity (Wildman–Crippen MR) is 81.1 cm³/mol. The maximum atomic E-state index is 13.5. The van der Waals surface area contributed by atoms with Crippen molar-refractivity contribution in [1.29, 1.82) is 0 Å². The topological polar surface area (TPSA) is 38.0 Å². The van der Waals surface area contributed by atoms with E-state index in [0.29, 0.717) is 6.42 Å². The van der Waals surface area contributed by atoms with Gasteiger partial charge in [0.15, 0.2) is 0 Å². The Morgan fingerprint density at radius 3 is 2.40 bits per heavy atom. The molecule has 2 nitrogen and oxygen atoms in total. The highest BCUT2D eigenvalue weighted by Gasteiger charge is 2.16. The third kappa shape index (κ3) is 3.18. The maximum absolute atomic E-state index is 13.5. The highest BCUT2D eigenvalue weighted by Crippen LogP contribution is 2.26. The summed E-state index contributed by atoms with van der Waals surface area (Å²) in [6.07, 6.45) is 0.607. The number of rotatable bonds is 4. The predicted octanol–water partition coefficient (Wildman–Crippen LogP) is 3.84. The minimum absolute atomic E-state index is 0.0585. The highest BCUT2D eigenvalue weighted by atomic mass is 35.5. The molecule has 0 aliphatic heterocycles. The van der Waals surface area contributed by atoms with Crippen LogP contribution in [0.4, 0.5) is 4.39 Å². The van der Waals surface area contributed by atoms with Gasteiger partial charge in [-0.1, -0.05) is 35.9 Å². The van der Waals surface area contributed by atoms with E-state index in [2.05, 4.69) is 31.4 Å². The number of halogens is 2. The first kappa shape index (κ1) is 15.0. The van der Waals surface area contributed by atoms with Crippen molar-refractivity contribution < 1.29 is 4.39 Å². The fourth-order valence-corrected chi connectivity index (χ4v) is 2.64. The van der Waals surface area contributed by atoms with Crippen molar-refractivity contribution in [2.75, 3.05) is 0 Å². The number of hydrogen-bond donors (Lipinski definition) is 2. The van der Waals surface area contributed by atoms with Gasteiger partial charge in [-0.3, -0.25) is 11.3 Å². The fraction of sp³-hybridized carbons (Fsp3) is 0.250. The van der Waals surface area contributed by atoms with Crippen LogP contribution in [0.2, 0.25) is 5.02 Å². The summed E-state index contributed by atoms with van der Waals surface area (Å²) in [5.74, 6) is 5.29. The van der Waals surface area contributed by atoms with Gasteiger partial charge >= 0.3 is 0 Å². The van der Waals surface area contributed by atoms with Crippen molar-refractivity contribution in [1.82, 2.24) is 5.43 Å². The van der Waals surface area contributed by atoms with Crippen LogP contribution in [0.5, 0.6) is 0 Å². The van der Waals surface area contributed by atoms with Crippen LogP contribution >= 0.6 is 11.6 Å². The average Bonchev–Trinajstić information content (AvgIpc) is 2.41. The van der Waals surface area contributed by atoms with Crippen LogP contribution in [0.1, 0.15) is 28.3 Å². The Morgan fingerprint density at radius 2 is 1.85 bits per heavy atom. The van der Waals surface area contributed by atoms with Gasteiger partial charge in [0.1, 0.15) is 5.82 Å². The molecule has 20 heavy (non-hydrogen) atoms. The molecule has 0 saturated carbocycles. The maximum Gasteiger partial charge on any atom is 0.142 e. The van der Waals surface area contributed by atoms with Gasteiger partial charge in [-0.15, -0.1) is 0 Å². The second-order valence-electron chi connectivity index (χ2n) is 4.98. The largest absolute Gasteiger partial charge is 0.271 e. The van der Waals surface area contributed by atoms with E-state index in [1.54, 1.807) is 6.07 Å². The van der Waals surface area contributed by atoms with E-state index >= 15 is 0 Å². The number of nitrogens with two attached hydrogens (primary N) is 1. The molecule has 0 aliphatic rings. The van der Waals surface area contributed by atoms with Crippen molar-refractivity contribution >= 4 is 11.6 Å². The molecule has 0 heterocycles. The van der Waals surface area contributed by atoms with Crippen LogP contribution < -0.4 is 11.3 Å². The molecule has 0 aromatic heterocycles. The standard InChI is InChI=1S/C16H18ClFN2/c1-10-4-3-5-11(2)16(10)15(20-19)9-12-6-7-13(17)14(18)8-12/h3-8,15,20H,9,19H2,1-2H3. The molecule has 1 atom stereocenters. The second-order valence-corrected chi connectivity index (χ2v) is 5.38. The highest BCUT2D eigenvalue weighted by molar-refractivity contribution is 6.30. The first-order valence-corrected chi connectivity index (χ1v) is 6.87. The normalized spacial score (nSPS) is 12.4. The molecule has 0 amide bonds. The number of hydrazine groups is 1. The van der Waals surface area contributed by atoms with Crippen molar-refractivity contribution in [3.63, 3.8) is 0 Å². The first-order chi connectivity index (χ1) is 9.52. The Labute approximate surface area is 123 Å². The van der Waals surface area contributed by atoms with Gasteiger partial charge in [-0.05, 0) is 54.7 Å². The third-order valence-corrected chi connectivity index (χ3v) is 3.82. The third-order valence-electron chi connectivity index (χ3n) is 3.52. The van der Waals surface area contributed by atoms with Crippen LogP contribution in [0, 0.1) is 19.7 Å². The Morgan fingerprint density at radius 1 is 1.20 bits per heavy atom. The summed E-state index contributed by atoms with van der Waals surface area (Å²) in [5, 5.41) is 0.137. The zero-order valence-corrected chi connectivity index (χ0v) is 12.3. The number of hydrogen-bond acceptors (Lipinski definition) is 2. The Bertz CT molecular complexity index is 593. The minimum Gasteiger partial charge on any atom is -0.271 e. The fourth-order valence-electron chi connectivity index (χ4n) is 2.52. The van der Waals surface area contributed by atoms with E-state index in [9.17, 15) is 4.39 Å². The van der Waals surface area contributed by atoms with E-state index in [1.807, 2.05) is 12.1 Å². The summed E-state index contributed by atoms with van der Waals surface area (Å²) in [7, 11) is 0. The number of aryl methyl sites for hydroxylation is 2. The summed E-state index contributed by atoms with van der Waals surface area (Å²) >= 11 is 5.70. The summed E-state index contributed by atoms with van der Waals surface area (Å²) in [5.41, 5.74) is 7.18. The van der Waals surface area contributed by atoms with E-state index in [1.165, 1.54) is 17.2 Å². The van der Waals surface area contributed by atoms with Crippen LogP contribution in [0.15, 0.2) is 36.4 Å². The molecular formula is C16H18ClFN2. The minimum atomic E-state index is -0.401. The van der Waals surface area contributed by atoms with E-state index < -0.39 is 5.82 Å². The zero-order chi connectivity index (χ0) is 14.7. The molecule has 0 fully saturated rings. The monoisotopic (exact) mass is 292 g/mol. The molecule has 1 unspecified atom stereocenters. The molecule has 0 aliphatic carbocycles. The van der Waals surface area contributed by atoms with Crippen LogP contribution in [0.3, 0.4) is 0 Å². The average molecular weight is 293 g/mol. The molecule has 2 aromatic rings. The van der Waals surface area contributed by atoms with Crippen molar-refractivity contribution in [2.45, 2.75) is 26.3 Å². The van der Waals surface area contributed by atoms with Crippen LogP contribution in [-0.4, -0.2) is 0 Å². The van der Waals surface area contributed by atoms with Crippen molar-refractivity contribution in [3.05, 3.63) is 69.5 Å². The lowest BCUT2D eigenvalue weighted by atomic mass is 9.92. The first-order valence-electron chi connectivity index (χ1n) is 6.49. The number of nitrogens with one attached hydrogen (secondary N) is 1. The molecule has 3 N–H and O–H groups in total. The Balaban J connectivity index is 2.31. The van der Waals surface area contributed by atoms with E-state index in [0.717, 1.165) is 11.1 Å². The lowest BCUT2D eigenvalue weighted by Crippen LogP contribution is -2.30. The molecule has 0 radical (unpaired) electrons. The number of benzene rings is 2. The van der Waals surface area contributed by atoms with Gasteiger partial charge in [0, 0.05) is 0 Å². The summed E-state index contributed by atoms with van der Waals surface area (Å²) in [4.78, 5) is 0. The molecule has 0 spiro atoms. The van der Waals surface area contributed by atoms with Gasteiger partial charge in [-0.2, -0.15) is 0 Å². The quantitative estimate of drug-likeness (QED) is 0.664.